The van der Waals surface area contributed by atoms with Crippen molar-refractivity contribution in [3.8, 4) is 0 Å². The molecular weight excluding hydrogens is 685 g/mol. The van der Waals surface area contributed by atoms with Gasteiger partial charge in [-0.2, -0.15) is 0 Å². The van der Waals surface area contributed by atoms with Gasteiger partial charge < -0.3 is 14.2 Å². The van der Waals surface area contributed by atoms with Crippen LogP contribution < -0.4 is 0 Å². The van der Waals surface area contributed by atoms with Crippen LogP contribution >= 0.6 is 0 Å². The molecule has 0 saturated carbocycles. The van der Waals surface area contributed by atoms with Gasteiger partial charge in [0, 0.05) is 19.3 Å². The van der Waals surface area contributed by atoms with E-state index in [2.05, 4.69) is 34.6 Å². The zero-order valence-electron chi connectivity index (χ0n) is 37.6. The van der Waals surface area contributed by atoms with E-state index in [1.165, 1.54) is 154 Å². The predicted molar refractivity (Wildman–Crippen MR) is 233 cm³/mol. The second kappa shape index (κ2) is 42.0. The topological polar surface area (TPSA) is 78.9 Å². The summed E-state index contributed by atoms with van der Waals surface area (Å²) >= 11 is 0. The molecule has 0 aliphatic carbocycles. The molecule has 0 aliphatic heterocycles. The van der Waals surface area contributed by atoms with E-state index in [1.54, 1.807) is 0 Å². The summed E-state index contributed by atoms with van der Waals surface area (Å²) in [6.07, 6.45) is 40.9. The van der Waals surface area contributed by atoms with Crippen molar-refractivity contribution in [3.63, 3.8) is 0 Å². The summed E-state index contributed by atoms with van der Waals surface area (Å²) in [5.41, 5.74) is 0. The van der Waals surface area contributed by atoms with Gasteiger partial charge in [-0.3, -0.25) is 14.4 Å². The Morgan fingerprint density at radius 1 is 0.345 bits per heavy atom. The molecule has 0 aromatic rings. The van der Waals surface area contributed by atoms with Gasteiger partial charge in [-0.1, -0.05) is 227 Å². The van der Waals surface area contributed by atoms with Crippen LogP contribution in [0.15, 0.2) is 0 Å². The van der Waals surface area contributed by atoms with Crippen LogP contribution in [0.3, 0.4) is 0 Å². The normalized spacial score (nSPS) is 12.1. The molecule has 0 N–H and O–H groups in total. The van der Waals surface area contributed by atoms with Crippen molar-refractivity contribution >= 4 is 17.9 Å². The molecular formula is C49H94O6. The standard InChI is InChI=1S/C49H94O6/c1-6-7-8-9-10-11-12-15-19-26-31-36-41-49(52)55-46(43-54-48(51)40-35-30-25-21-20-23-28-33-38-45(4)5)42-53-47(50)39-34-29-24-18-16-13-14-17-22-27-32-37-44(2)3/h44-46H,6-43H2,1-5H3/t46-/m1/s1. The van der Waals surface area contributed by atoms with E-state index in [4.69, 9.17) is 14.2 Å². The van der Waals surface area contributed by atoms with Crippen molar-refractivity contribution < 1.29 is 28.6 Å². The number of esters is 3. The molecule has 0 aromatic carbocycles. The molecule has 0 radical (unpaired) electrons. The number of rotatable bonds is 43. The van der Waals surface area contributed by atoms with Gasteiger partial charge in [0.05, 0.1) is 0 Å². The highest BCUT2D eigenvalue weighted by molar-refractivity contribution is 5.71. The Bertz CT molecular complexity index is 839. The molecule has 0 fully saturated rings. The summed E-state index contributed by atoms with van der Waals surface area (Å²) in [6, 6.07) is 0. The first-order valence-corrected chi connectivity index (χ1v) is 24.2. The Morgan fingerprint density at radius 2 is 0.600 bits per heavy atom. The lowest BCUT2D eigenvalue weighted by atomic mass is 10.0. The summed E-state index contributed by atoms with van der Waals surface area (Å²) in [7, 11) is 0. The van der Waals surface area contributed by atoms with E-state index < -0.39 is 6.10 Å². The van der Waals surface area contributed by atoms with Crippen LogP contribution in [0.25, 0.3) is 0 Å². The first-order chi connectivity index (χ1) is 26.7. The van der Waals surface area contributed by atoms with Gasteiger partial charge in [0.1, 0.15) is 13.2 Å². The maximum absolute atomic E-state index is 12.7. The highest BCUT2D eigenvalue weighted by Gasteiger charge is 2.19. The molecule has 0 saturated heterocycles. The average molecular weight is 779 g/mol. The fourth-order valence-electron chi connectivity index (χ4n) is 7.28. The van der Waals surface area contributed by atoms with Gasteiger partial charge in [0.15, 0.2) is 6.10 Å². The highest BCUT2D eigenvalue weighted by atomic mass is 16.6. The van der Waals surface area contributed by atoms with Crippen molar-refractivity contribution in [3.05, 3.63) is 0 Å². The summed E-state index contributed by atoms with van der Waals surface area (Å²) in [4.78, 5) is 37.8. The summed E-state index contributed by atoms with van der Waals surface area (Å²) in [6.45, 7) is 11.3. The Labute approximate surface area is 342 Å². The average Bonchev–Trinajstić information content (AvgIpc) is 3.15. The van der Waals surface area contributed by atoms with E-state index in [0.717, 1.165) is 69.6 Å². The molecule has 0 amide bonds. The van der Waals surface area contributed by atoms with Crippen molar-refractivity contribution in [1.29, 1.82) is 0 Å². The number of ether oxygens (including phenoxy) is 3. The maximum Gasteiger partial charge on any atom is 0.306 e. The lowest BCUT2D eigenvalue weighted by molar-refractivity contribution is -0.167. The largest absolute Gasteiger partial charge is 0.462 e. The molecule has 0 unspecified atom stereocenters. The second-order valence-corrected chi connectivity index (χ2v) is 17.7. The molecule has 1 atom stereocenters. The lowest BCUT2D eigenvalue weighted by Gasteiger charge is -2.18. The molecule has 326 valence electrons. The van der Waals surface area contributed by atoms with E-state index in [0.29, 0.717) is 19.3 Å². The second-order valence-electron chi connectivity index (χ2n) is 17.7. The Kier molecular flexibility index (Phi) is 40.8. The number of carbonyl (C=O) groups is 3. The molecule has 6 heteroatoms. The predicted octanol–water partition coefficient (Wildman–Crippen LogP) is 15.4. The third-order valence-corrected chi connectivity index (χ3v) is 11.0. The van der Waals surface area contributed by atoms with E-state index in [-0.39, 0.29) is 31.1 Å². The highest BCUT2D eigenvalue weighted by Crippen LogP contribution is 2.17. The van der Waals surface area contributed by atoms with Gasteiger partial charge in [0.2, 0.25) is 0 Å². The lowest BCUT2D eigenvalue weighted by Crippen LogP contribution is -2.30. The first-order valence-electron chi connectivity index (χ1n) is 24.2. The van der Waals surface area contributed by atoms with Gasteiger partial charge in [-0.25, -0.2) is 0 Å². The molecule has 0 spiro atoms. The van der Waals surface area contributed by atoms with Crippen LogP contribution in [-0.2, 0) is 28.6 Å². The first kappa shape index (κ1) is 53.4. The van der Waals surface area contributed by atoms with E-state index >= 15 is 0 Å². The zero-order chi connectivity index (χ0) is 40.5. The van der Waals surface area contributed by atoms with Gasteiger partial charge in [0.25, 0.3) is 0 Å². The molecule has 55 heavy (non-hydrogen) atoms. The smallest absolute Gasteiger partial charge is 0.306 e. The molecule has 6 nitrogen and oxygen atoms in total. The van der Waals surface area contributed by atoms with Crippen LogP contribution in [-0.4, -0.2) is 37.2 Å². The minimum absolute atomic E-state index is 0.0645. The van der Waals surface area contributed by atoms with Gasteiger partial charge in [-0.15, -0.1) is 0 Å². The Hall–Kier alpha value is -1.59. The van der Waals surface area contributed by atoms with Crippen LogP contribution in [0.5, 0.6) is 0 Å². The fourth-order valence-corrected chi connectivity index (χ4v) is 7.28. The third-order valence-electron chi connectivity index (χ3n) is 11.0. The zero-order valence-corrected chi connectivity index (χ0v) is 37.6. The van der Waals surface area contributed by atoms with E-state index in [1.807, 2.05) is 0 Å². The molecule has 0 aromatic heterocycles. The number of hydrogen-bond donors (Lipinski definition) is 0. The van der Waals surface area contributed by atoms with Crippen molar-refractivity contribution in [2.75, 3.05) is 13.2 Å². The minimum atomic E-state index is -0.761. The Balaban J connectivity index is 4.32. The molecule has 0 aliphatic rings. The Morgan fingerprint density at radius 3 is 0.891 bits per heavy atom. The third kappa shape index (κ3) is 43.4. The summed E-state index contributed by atoms with van der Waals surface area (Å²) in [5, 5.41) is 0. The number of hydrogen-bond acceptors (Lipinski definition) is 6. The minimum Gasteiger partial charge on any atom is -0.462 e. The van der Waals surface area contributed by atoms with Gasteiger partial charge in [-0.05, 0) is 31.1 Å². The molecule has 0 bridgehead atoms. The van der Waals surface area contributed by atoms with Crippen LogP contribution in [0.2, 0.25) is 0 Å². The summed E-state index contributed by atoms with van der Waals surface area (Å²) in [5.74, 6) is 0.769. The van der Waals surface area contributed by atoms with Crippen LogP contribution in [0.4, 0.5) is 0 Å². The van der Waals surface area contributed by atoms with Crippen molar-refractivity contribution in [1.82, 2.24) is 0 Å². The van der Waals surface area contributed by atoms with Crippen molar-refractivity contribution in [2.45, 2.75) is 272 Å². The molecule has 0 heterocycles. The SMILES string of the molecule is CCCCCCCCCCCCCCC(=O)O[C@H](COC(=O)CCCCCCCCCCCCCC(C)C)COC(=O)CCCCCCCCCCC(C)C. The number of carbonyl (C=O) groups excluding carboxylic acids is 3. The van der Waals surface area contributed by atoms with E-state index in [9.17, 15) is 14.4 Å². The number of unbranched alkanes of at least 4 members (excludes halogenated alkanes) is 28. The summed E-state index contributed by atoms with van der Waals surface area (Å²) < 4.78 is 16.8. The molecule has 0 rings (SSSR count). The quantitative estimate of drug-likeness (QED) is 0.0348. The van der Waals surface area contributed by atoms with Gasteiger partial charge >= 0.3 is 17.9 Å². The van der Waals surface area contributed by atoms with Crippen molar-refractivity contribution in [2.24, 2.45) is 11.8 Å². The van der Waals surface area contributed by atoms with Crippen LogP contribution in [0.1, 0.15) is 266 Å². The monoisotopic (exact) mass is 779 g/mol. The fraction of sp³-hybridized carbons (Fsp3) is 0.939. The van der Waals surface area contributed by atoms with Crippen LogP contribution in [0, 0.1) is 11.8 Å². The maximum atomic E-state index is 12.7.